The van der Waals surface area contributed by atoms with Crippen LogP contribution < -0.4 is 18.9 Å². The predicted octanol–water partition coefficient (Wildman–Crippen LogP) is 6.12. The molecule has 9 nitrogen and oxygen atoms in total. The van der Waals surface area contributed by atoms with E-state index in [0.29, 0.717) is 51.4 Å². The van der Waals surface area contributed by atoms with Gasteiger partial charge in [0.2, 0.25) is 5.17 Å². The van der Waals surface area contributed by atoms with Gasteiger partial charge >= 0.3 is 0 Å². The van der Waals surface area contributed by atoms with Crippen LogP contribution in [0.25, 0.3) is 6.08 Å². The number of thioether (sulfide) groups is 1. The summed E-state index contributed by atoms with van der Waals surface area (Å²) in [6, 6.07) is 11.0. The van der Waals surface area contributed by atoms with E-state index >= 15 is 0 Å². The molecular weight excluding hydrogens is 572 g/mol. The molecule has 200 valence electrons. The Morgan fingerprint density at radius 3 is 2.58 bits per heavy atom. The van der Waals surface area contributed by atoms with Crippen molar-refractivity contribution < 1.29 is 23.7 Å². The highest BCUT2D eigenvalue weighted by molar-refractivity contribution is 9.10. The molecule has 2 aromatic carbocycles. The zero-order valence-electron chi connectivity index (χ0n) is 21.5. The van der Waals surface area contributed by atoms with Crippen molar-refractivity contribution in [3.63, 3.8) is 0 Å². The molecule has 11 heteroatoms. The van der Waals surface area contributed by atoms with Crippen LogP contribution in [0.15, 0.2) is 56.5 Å². The number of hydrogen-bond acceptors (Lipinski definition) is 8. The summed E-state index contributed by atoms with van der Waals surface area (Å²) in [7, 11) is 1.59. The number of aliphatic imine (C=N–C) groups is 1. The van der Waals surface area contributed by atoms with Crippen molar-refractivity contribution in [2.45, 2.75) is 33.1 Å². The van der Waals surface area contributed by atoms with E-state index in [1.807, 2.05) is 31.2 Å². The van der Waals surface area contributed by atoms with Gasteiger partial charge in [-0.3, -0.25) is 10.2 Å². The number of ether oxygens (including phenoxy) is 4. The van der Waals surface area contributed by atoms with Gasteiger partial charge in [0, 0.05) is 0 Å². The molecule has 2 aliphatic rings. The summed E-state index contributed by atoms with van der Waals surface area (Å²) in [4.78, 5) is 17.0. The molecule has 0 bridgehead atoms. The average Bonchev–Trinajstić information content (AvgIpc) is 3.32. The Bertz CT molecular complexity index is 1310. The minimum absolute atomic E-state index is 0.00176. The molecule has 0 spiro atoms. The molecule has 4 rings (SSSR count). The first-order valence-corrected chi connectivity index (χ1v) is 13.9. The van der Waals surface area contributed by atoms with E-state index in [1.165, 1.54) is 16.8 Å². The molecule has 1 amide bonds. The van der Waals surface area contributed by atoms with Crippen LogP contribution in [-0.4, -0.2) is 53.9 Å². The van der Waals surface area contributed by atoms with Gasteiger partial charge in [0.1, 0.15) is 18.3 Å². The van der Waals surface area contributed by atoms with Crippen molar-refractivity contribution >= 4 is 55.7 Å². The van der Waals surface area contributed by atoms with E-state index < -0.39 is 5.91 Å². The number of nitrogens with zero attached hydrogens (tertiary/aromatic N) is 3. The van der Waals surface area contributed by atoms with Crippen LogP contribution in [0.2, 0.25) is 0 Å². The number of benzene rings is 2. The molecule has 0 fully saturated rings. The largest absolute Gasteiger partial charge is 0.493 e. The van der Waals surface area contributed by atoms with Crippen LogP contribution in [-0.2, 0) is 4.79 Å². The summed E-state index contributed by atoms with van der Waals surface area (Å²) in [6.07, 6.45) is 4.45. The minimum atomic E-state index is -0.469. The van der Waals surface area contributed by atoms with Gasteiger partial charge < -0.3 is 18.9 Å². The molecule has 2 heterocycles. The van der Waals surface area contributed by atoms with Crippen molar-refractivity contribution in [1.82, 2.24) is 5.01 Å². The SMILES string of the molecule is CCCCC1=NN2C(=N)/C(=C/c3cc(Br)c(OCCOc4ccccc4OC)c(OCC)c3)C(=O)N=C2S1. The Morgan fingerprint density at radius 1 is 1.08 bits per heavy atom. The maximum Gasteiger partial charge on any atom is 0.283 e. The molecule has 2 aliphatic heterocycles. The van der Waals surface area contributed by atoms with E-state index in [1.54, 1.807) is 25.3 Å². The molecule has 0 aliphatic carbocycles. The Hall–Kier alpha value is -3.31. The first-order valence-electron chi connectivity index (χ1n) is 12.3. The predicted molar refractivity (Wildman–Crippen MR) is 154 cm³/mol. The van der Waals surface area contributed by atoms with Gasteiger partial charge in [-0.2, -0.15) is 15.1 Å². The van der Waals surface area contributed by atoms with Gasteiger partial charge in [0.05, 0.1) is 23.8 Å². The van der Waals surface area contributed by atoms with Gasteiger partial charge in [0.25, 0.3) is 5.91 Å². The number of halogens is 1. The monoisotopic (exact) mass is 600 g/mol. The van der Waals surface area contributed by atoms with E-state index in [-0.39, 0.29) is 18.0 Å². The Morgan fingerprint density at radius 2 is 1.84 bits per heavy atom. The summed E-state index contributed by atoms with van der Waals surface area (Å²) in [6.45, 7) is 4.97. The smallest absolute Gasteiger partial charge is 0.283 e. The molecule has 0 saturated carbocycles. The molecule has 0 radical (unpaired) electrons. The molecule has 0 unspecified atom stereocenters. The maximum absolute atomic E-state index is 12.8. The van der Waals surface area contributed by atoms with Crippen LogP contribution in [0.5, 0.6) is 23.0 Å². The number of carbonyl (C=O) groups is 1. The van der Waals surface area contributed by atoms with Gasteiger partial charge in [-0.1, -0.05) is 25.5 Å². The number of fused-ring (bicyclic) bond motifs is 1. The standard InChI is InChI=1S/C27H29BrN4O5S/c1-4-6-11-23-31-32-25(29)18(26(33)30-27(32)38-23)14-17-15-19(28)24(22(16-17)35-5-2)37-13-12-36-21-10-8-7-9-20(21)34-3/h7-10,14-16,29H,4-6,11-13H2,1-3H3/b18-14-,29-25?. The number of amides is 1. The number of hydrazone groups is 1. The topological polar surface area (TPSA) is 106 Å². The van der Waals surface area contributed by atoms with Gasteiger partial charge in [0.15, 0.2) is 28.8 Å². The lowest BCUT2D eigenvalue weighted by molar-refractivity contribution is -0.114. The molecule has 0 atom stereocenters. The Labute approximate surface area is 234 Å². The third-order valence-corrected chi connectivity index (χ3v) is 7.10. The lowest BCUT2D eigenvalue weighted by atomic mass is 10.1. The second kappa shape index (κ2) is 13.0. The van der Waals surface area contributed by atoms with Crippen molar-refractivity contribution in [3.8, 4) is 23.0 Å². The number of carbonyl (C=O) groups excluding carboxylic acids is 1. The number of unbranched alkanes of at least 4 members (excludes halogenated alkanes) is 1. The highest BCUT2D eigenvalue weighted by Crippen LogP contribution is 2.38. The van der Waals surface area contributed by atoms with Gasteiger partial charge in [-0.15, -0.1) is 0 Å². The van der Waals surface area contributed by atoms with Crippen molar-refractivity contribution in [2.75, 3.05) is 26.9 Å². The van der Waals surface area contributed by atoms with Gasteiger partial charge in [-0.25, -0.2) is 0 Å². The van der Waals surface area contributed by atoms with Crippen LogP contribution in [0.4, 0.5) is 0 Å². The molecule has 1 N–H and O–H groups in total. The molecule has 38 heavy (non-hydrogen) atoms. The van der Waals surface area contributed by atoms with Crippen LogP contribution in [0.1, 0.15) is 38.7 Å². The van der Waals surface area contributed by atoms with Crippen molar-refractivity contribution in [1.29, 1.82) is 5.41 Å². The van der Waals surface area contributed by atoms with Crippen molar-refractivity contribution in [3.05, 3.63) is 52.0 Å². The lowest BCUT2D eigenvalue weighted by Gasteiger charge is -2.20. The van der Waals surface area contributed by atoms with Crippen LogP contribution in [0.3, 0.4) is 0 Å². The van der Waals surface area contributed by atoms with E-state index in [4.69, 9.17) is 24.4 Å². The highest BCUT2D eigenvalue weighted by atomic mass is 79.9. The van der Waals surface area contributed by atoms with Crippen LogP contribution >= 0.6 is 27.7 Å². The summed E-state index contributed by atoms with van der Waals surface area (Å²) in [5.41, 5.74) is 0.815. The lowest BCUT2D eigenvalue weighted by Crippen LogP contribution is -2.35. The number of rotatable bonds is 12. The average molecular weight is 602 g/mol. The third kappa shape index (κ3) is 6.39. The first kappa shape index (κ1) is 27.7. The van der Waals surface area contributed by atoms with Gasteiger partial charge in [-0.05, 0) is 83.4 Å². The molecule has 2 aromatic rings. The molecule has 0 aromatic heterocycles. The Kier molecular flexibility index (Phi) is 9.46. The number of para-hydroxylation sites is 2. The summed E-state index contributed by atoms with van der Waals surface area (Å²) in [5.74, 6) is 1.83. The Balaban J connectivity index is 1.50. The number of nitrogens with one attached hydrogen (secondary N) is 1. The van der Waals surface area contributed by atoms with Crippen LogP contribution in [0, 0.1) is 5.41 Å². The zero-order valence-corrected chi connectivity index (χ0v) is 23.9. The second-order valence-electron chi connectivity index (χ2n) is 8.23. The minimum Gasteiger partial charge on any atom is -0.493 e. The molecular formula is C27H29BrN4O5S. The normalized spacial score (nSPS) is 15.8. The number of methoxy groups -OCH3 is 1. The summed E-state index contributed by atoms with van der Waals surface area (Å²) >= 11 is 4.91. The van der Waals surface area contributed by atoms with E-state index in [2.05, 4.69) is 32.9 Å². The second-order valence-corrected chi connectivity index (χ2v) is 10.1. The van der Waals surface area contributed by atoms with E-state index in [0.717, 1.165) is 24.3 Å². The maximum atomic E-state index is 12.8. The first-order chi connectivity index (χ1) is 18.4. The summed E-state index contributed by atoms with van der Waals surface area (Å²) < 4.78 is 23.6. The zero-order chi connectivity index (χ0) is 27.1. The quantitative estimate of drug-likeness (QED) is 0.231. The fourth-order valence-corrected chi connectivity index (χ4v) is 5.24. The fraction of sp³-hybridized carbons (Fsp3) is 0.333. The highest BCUT2D eigenvalue weighted by Gasteiger charge is 2.35. The summed E-state index contributed by atoms with van der Waals surface area (Å²) in [5, 5.41) is 15.8. The van der Waals surface area contributed by atoms with E-state index in [9.17, 15) is 4.79 Å². The molecule has 0 saturated heterocycles. The van der Waals surface area contributed by atoms with Crippen molar-refractivity contribution in [2.24, 2.45) is 10.1 Å². The fourth-order valence-electron chi connectivity index (χ4n) is 3.74. The number of hydrogen-bond donors (Lipinski definition) is 1. The third-order valence-electron chi connectivity index (χ3n) is 5.54. The number of amidine groups is 2.